The highest BCUT2D eigenvalue weighted by molar-refractivity contribution is 6.22. The Morgan fingerprint density at radius 2 is 1.76 bits per heavy atom. The van der Waals surface area contributed by atoms with Crippen LogP contribution >= 0.6 is 35.6 Å². The van der Waals surface area contributed by atoms with E-state index < -0.39 is 0 Å². The van der Waals surface area contributed by atoms with Crippen LogP contribution in [0.4, 0.5) is 0 Å². The summed E-state index contributed by atoms with van der Waals surface area (Å²) in [4.78, 5) is 2.43. The number of benzene rings is 1. The molecule has 0 unspecified atom stereocenters. The Labute approximate surface area is 119 Å². The minimum Gasteiger partial charge on any atom is -0.291 e. The van der Waals surface area contributed by atoms with Gasteiger partial charge in [-0.05, 0) is 24.9 Å². The normalized spacial score (nSPS) is 18.9. The second-order valence-corrected chi connectivity index (χ2v) is 5.04. The van der Waals surface area contributed by atoms with Crippen LogP contribution in [0.15, 0.2) is 30.3 Å². The lowest BCUT2D eigenvalue weighted by atomic mass is 10.0. The van der Waals surface area contributed by atoms with Crippen LogP contribution in [-0.2, 0) is 6.54 Å². The molecule has 1 aromatic carbocycles. The van der Waals surface area contributed by atoms with Crippen molar-refractivity contribution in [3.63, 3.8) is 0 Å². The lowest BCUT2D eigenvalue weighted by Crippen LogP contribution is -2.46. The molecule has 1 heterocycles. The van der Waals surface area contributed by atoms with E-state index >= 15 is 0 Å². The summed E-state index contributed by atoms with van der Waals surface area (Å²) < 4.78 is 0. The van der Waals surface area contributed by atoms with Gasteiger partial charge in [-0.15, -0.1) is 35.6 Å². The summed E-state index contributed by atoms with van der Waals surface area (Å²) in [5, 5.41) is 0. The van der Waals surface area contributed by atoms with Crippen LogP contribution in [0.3, 0.4) is 0 Å². The van der Waals surface area contributed by atoms with Crippen LogP contribution in [0.1, 0.15) is 18.4 Å². The summed E-state index contributed by atoms with van der Waals surface area (Å²) in [7, 11) is 0. The third-order valence-electron chi connectivity index (χ3n) is 3.45. The second kappa shape index (κ2) is 6.84. The second-order valence-electron chi connectivity index (χ2n) is 4.50. The SMILES string of the molecule is Cl.ClCC1(CCl)CCCN1Cc1ccccc1. The third kappa shape index (κ3) is 3.29. The molecule has 0 amide bonds. The molecule has 0 aromatic heterocycles. The number of alkyl halides is 2. The zero-order chi connectivity index (χ0) is 11.4. The number of hydrogen-bond donors (Lipinski definition) is 0. The fourth-order valence-corrected chi connectivity index (χ4v) is 3.27. The average Bonchev–Trinajstić information content (AvgIpc) is 2.74. The number of nitrogens with zero attached hydrogens (tertiary/aromatic N) is 1. The number of likely N-dealkylation sites (tertiary alicyclic amines) is 1. The first-order valence-electron chi connectivity index (χ1n) is 5.72. The number of hydrogen-bond acceptors (Lipinski definition) is 1. The van der Waals surface area contributed by atoms with Crippen molar-refractivity contribution in [3.8, 4) is 0 Å². The van der Waals surface area contributed by atoms with E-state index in [1.165, 1.54) is 12.0 Å². The molecule has 1 saturated heterocycles. The van der Waals surface area contributed by atoms with Crippen molar-refractivity contribution in [2.75, 3.05) is 18.3 Å². The van der Waals surface area contributed by atoms with Crippen LogP contribution in [0.2, 0.25) is 0 Å². The van der Waals surface area contributed by atoms with Crippen molar-refractivity contribution in [1.82, 2.24) is 4.90 Å². The molecule has 96 valence electrons. The van der Waals surface area contributed by atoms with Gasteiger partial charge < -0.3 is 0 Å². The van der Waals surface area contributed by atoms with E-state index in [2.05, 4.69) is 29.2 Å². The van der Waals surface area contributed by atoms with Crippen molar-refractivity contribution in [1.29, 1.82) is 0 Å². The standard InChI is InChI=1S/C13H17Cl2N.ClH/c14-10-13(11-15)7-4-8-16(13)9-12-5-2-1-3-6-12;/h1-3,5-6H,4,7-11H2;1H. The molecule has 1 aliphatic rings. The topological polar surface area (TPSA) is 3.24 Å². The quantitative estimate of drug-likeness (QED) is 0.761. The Hall–Kier alpha value is 0.0500. The maximum atomic E-state index is 6.10. The largest absolute Gasteiger partial charge is 0.291 e. The molecule has 0 spiro atoms. The molecule has 0 bridgehead atoms. The van der Waals surface area contributed by atoms with Crippen molar-refractivity contribution in [2.24, 2.45) is 0 Å². The molecule has 0 radical (unpaired) electrons. The molecule has 1 aliphatic heterocycles. The molecule has 0 saturated carbocycles. The van der Waals surface area contributed by atoms with Gasteiger partial charge in [0.25, 0.3) is 0 Å². The number of rotatable bonds is 4. The lowest BCUT2D eigenvalue weighted by molar-refractivity contribution is 0.173. The molecule has 1 fully saturated rings. The lowest BCUT2D eigenvalue weighted by Gasteiger charge is -2.35. The molecule has 0 aliphatic carbocycles. The van der Waals surface area contributed by atoms with E-state index in [1.54, 1.807) is 0 Å². The van der Waals surface area contributed by atoms with Gasteiger partial charge in [-0.1, -0.05) is 30.3 Å². The molecule has 2 rings (SSSR count). The molecule has 1 nitrogen and oxygen atoms in total. The Balaban J connectivity index is 0.00000144. The highest BCUT2D eigenvalue weighted by Gasteiger charge is 2.39. The molecule has 0 atom stereocenters. The van der Waals surface area contributed by atoms with E-state index in [-0.39, 0.29) is 17.9 Å². The smallest absolute Gasteiger partial charge is 0.0483 e. The minimum atomic E-state index is 0. The van der Waals surface area contributed by atoms with Crippen LogP contribution in [0.5, 0.6) is 0 Å². The minimum absolute atomic E-state index is 0. The number of halogens is 3. The monoisotopic (exact) mass is 293 g/mol. The van der Waals surface area contributed by atoms with Crippen molar-refractivity contribution in [3.05, 3.63) is 35.9 Å². The van der Waals surface area contributed by atoms with E-state index in [9.17, 15) is 0 Å². The van der Waals surface area contributed by atoms with Crippen molar-refractivity contribution < 1.29 is 0 Å². The molecular weight excluding hydrogens is 277 g/mol. The third-order valence-corrected chi connectivity index (χ3v) is 4.45. The van der Waals surface area contributed by atoms with Gasteiger partial charge in [0.05, 0.1) is 0 Å². The van der Waals surface area contributed by atoms with E-state index in [0.29, 0.717) is 11.8 Å². The van der Waals surface area contributed by atoms with E-state index in [4.69, 9.17) is 23.2 Å². The Morgan fingerprint density at radius 1 is 1.12 bits per heavy atom. The van der Waals surface area contributed by atoms with Gasteiger partial charge >= 0.3 is 0 Å². The molecule has 4 heteroatoms. The van der Waals surface area contributed by atoms with E-state index in [1.807, 2.05) is 6.07 Å². The van der Waals surface area contributed by atoms with Crippen LogP contribution in [0.25, 0.3) is 0 Å². The van der Waals surface area contributed by atoms with Gasteiger partial charge in [0, 0.05) is 23.8 Å². The zero-order valence-electron chi connectivity index (χ0n) is 9.74. The molecule has 1 aromatic rings. The van der Waals surface area contributed by atoms with Crippen molar-refractivity contribution >= 4 is 35.6 Å². The Kier molecular flexibility index (Phi) is 6.08. The van der Waals surface area contributed by atoms with Crippen LogP contribution in [-0.4, -0.2) is 28.7 Å². The van der Waals surface area contributed by atoms with Crippen molar-refractivity contribution in [2.45, 2.75) is 24.9 Å². The van der Waals surface area contributed by atoms with Gasteiger partial charge in [-0.2, -0.15) is 0 Å². The maximum Gasteiger partial charge on any atom is 0.0483 e. The summed E-state index contributed by atoms with van der Waals surface area (Å²) in [5.41, 5.74) is 1.35. The summed E-state index contributed by atoms with van der Waals surface area (Å²) >= 11 is 12.2. The summed E-state index contributed by atoms with van der Waals surface area (Å²) in [6.45, 7) is 2.06. The first-order valence-corrected chi connectivity index (χ1v) is 6.78. The predicted octanol–water partition coefficient (Wildman–Crippen LogP) is 3.92. The van der Waals surface area contributed by atoms with Gasteiger partial charge in [-0.25, -0.2) is 0 Å². The Morgan fingerprint density at radius 3 is 2.35 bits per heavy atom. The average molecular weight is 295 g/mol. The molecular formula is C13H18Cl3N. The maximum absolute atomic E-state index is 6.10. The summed E-state index contributed by atoms with van der Waals surface area (Å²) in [6.07, 6.45) is 2.32. The first-order chi connectivity index (χ1) is 7.80. The Bertz CT molecular complexity index is 325. The van der Waals surface area contributed by atoms with Gasteiger partial charge in [0.2, 0.25) is 0 Å². The summed E-state index contributed by atoms with van der Waals surface area (Å²) in [5.74, 6) is 1.26. The van der Waals surface area contributed by atoms with Gasteiger partial charge in [0.15, 0.2) is 0 Å². The summed E-state index contributed by atoms with van der Waals surface area (Å²) in [6, 6.07) is 10.5. The zero-order valence-corrected chi connectivity index (χ0v) is 12.1. The molecule has 0 N–H and O–H groups in total. The van der Waals surface area contributed by atoms with Gasteiger partial charge in [0.1, 0.15) is 0 Å². The first kappa shape index (κ1) is 15.1. The van der Waals surface area contributed by atoms with E-state index in [0.717, 1.165) is 19.5 Å². The van der Waals surface area contributed by atoms with Crippen LogP contribution < -0.4 is 0 Å². The highest BCUT2D eigenvalue weighted by Crippen LogP contribution is 2.33. The van der Waals surface area contributed by atoms with Gasteiger partial charge in [-0.3, -0.25) is 4.90 Å². The predicted molar refractivity (Wildman–Crippen MR) is 77.5 cm³/mol. The molecule has 17 heavy (non-hydrogen) atoms. The van der Waals surface area contributed by atoms with Crippen LogP contribution in [0, 0.1) is 0 Å². The fraction of sp³-hybridized carbons (Fsp3) is 0.538. The fourth-order valence-electron chi connectivity index (χ4n) is 2.38. The highest BCUT2D eigenvalue weighted by atomic mass is 35.5.